The molecule has 102 valence electrons. The van der Waals surface area contributed by atoms with Gasteiger partial charge in [0.15, 0.2) is 0 Å². The molecule has 0 saturated heterocycles. The minimum absolute atomic E-state index is 0.186. The van der Waals surface area contributed by atoms with Crippen molar-refractivity contribution >= 4 is 5.91 Å². The zero-order valence-corrected chi connectivity index (χ0v) is 10.3. The Hall–Kier alpha value is -2.30. The zero-order valence-electron chi connectivity index (χ0n) is 10.3. The van der Waals surface area contributed by atoms with Crippen molar-refractivity contribution in [3.8, 4) is 11.1 Å². The lowest BCUT2D eigenvalue weighted by Gasteiger charge is -2.09. The van der Waals surface area contributed by atoms with Crippen LogP contribution < -0.4 is 5.32 Å². The fraction of sp³-hybridized carbons (Fsp3) is 0.133. The molecule has 20 heavy (non-hydrogen) atoms. The van der Waals surface area contributed by atoms with E-state index in [0.717, 1.165) is 17.7 Å². The number of carbonyl (C=O) groups excluding carboxylic acids is 1. The molecule has 0 unspecified atom stereocenters. The highest BCUT2D eigenvalue weighted by Crippen LogP contribution is 2.33. The van der Waals surface area contributed by atoms with Crippen LogP contribution in [0.4, 0.5) is 13.2 Å². The number of alkyl halides is 3. The standard InChI is InChI=1S/C15H10F3NO/c16-15(17,18)12-3-1-2-9(6-12)10-4-5-11-8-19-14(20)13(11)7-10/h1-7H,8H2,(H,19,20). The summed E-state index contributed by atoms with van der Waals surface area (Å²) < 4.78 is 38.1. The summed E-state index contributed by atoms with van der Waals surface area (Å²) in [5.41, 5.74) is 1.75. The third kappa shape index (κ3) is 2.15. The number of halogens is 3. The first-order valence-electron chi connectivity index (χ1n) is 6.04. The maximum absolute atomic E-state index is 12.7. The molecule has 0 bridgehead atoms. The average Bonchev–Trinajstić information content (AvgIpc) is 2.79. The van der Waals surface area contributed by atoms with E-state index in [-0.39, 0.29) is 5.91 Å². The van der Waals surface area contributed by atoms with Gasteiger partial charge in [0.05, 0.1) is 5.56 Å². The van der Waals surface area contributed by atoms with E-state index in [1.807, 2.05) is 0 Å². The lowest BCUT2D eigenvalue weighted by Crippen LogP contribution is -2.12. The van der Waals surface area contributed by atoms with Gasteiger partial charge in [0.1, 0.15) is 0 Å². The average molecular weight is 277 g/mol. The molecule has 0 aromatic heterocycles. The van der Waals surface area contributed by atoms with Crippen molar-refractivity contribution in [2.45, 2.75) is 12.7 Å². The molecule has 1 N–H and O–H groups in total. The van der Waals surface area contributed by atoms with Crippen molar-refractivity contribution in [2.75, 3.05) is 0 Å². The van der Waals surface area contributed by atoms with Crippen LogP contribution in [0.5, 0.6) is 0 Å². The first-order valence-corrected chi connectivity index (χ1v) is 6.04. The summed E-state index contributed by atoms with van der Waals surface area (Å²) in [7, 11) is 0. The van der Waals surface area contributed by atoms with E-state index in [1.165, 1.54) is 6.07 Å². The monoisotopic (exact) mass is 277 g/mol. The predicted octanol–water partition coefficient (Wildman–Crippen LogP) is 3.62. The van der Waals surface area contributed by atoms with E-state index in [9.17, 15) is 18.0 Å². The lowest BCUT2D eigenvalue weighted by atomic mass is 9.99. The Morgan fingerprint density at radius 2 is 1.75 bits per heavy atom. The molecule has 2 nitrogen and oxygen atoms in total. The number of nitrogens with one attached hydrogen (secondary N) is 1. The summed E-state index contributed by atoms with van der Waals surface area (Å²) in [6.45, 7) is 0.469. The van der Waals surface area contributed by atoms with Gasteiger partial charge in [-0.05, 0) is 34.9 Å². The molecule has 0 fully saturated rings. The molecule has 0 radical (unpaired) electrons. The summed E-state index contributed by atoms with van der Waals surface area (Å²) >= 11 is 0. The molecule has 0 aliphatic carbocycles. The van der Waals surface area contributed by atoms with Crippen LogP contribution in [0, 0.1) is 0 Å². The van der Waals surface area contributed by atoms with Gasteiger partial charge < -0.3 is 5.32 Å². The maximum atomic E-state index is 12.7. The highest BCUT2D eigenvalue weighted by molar-refractivity contribution is 5.99. The third-order valence-electron chi connectivity index (χ3n) is 3.32. The third-order valence-corrected chi connectivity index (χ3v) is 3.32. The Labute approximate surface area is 113 Å². The molecule has 2 aromatic rings. The highest BCUT2D eigenvalue weighted by Gasteiger charge is 2.30. The van der Waals surface area contributed by atoms with Gasteiger partial charge in [0, 0.05) is 12.1 Å². The molecule has 1 aliphatic heterocycles. The van der Waals surface area contributed by atoms with E-state index in [0.29, 0.717) is 23.2 Å². The van der Waals surface area contributed by atoms with Gasteiger partial charge in [-0.3, -0.25) is 4.79 Å². The Morgan fingerprint density at radius 1 is 1.00 bits per heavy atom. The second-order valence-corrected chi connectivity index (χ2v) is 4.63. The quantitative estimate of drug-likeness (QED) is 0.847. The minimum atomic E-state index is -4.37. The SMILES string of the molecule is O=C1NCc2ccc(-c3cccc(C(F)(F)F)c3)cc21. The predicted molar refractivity (Wildman–Crippen MR) is 68.1 cm³/mol. The van der Waals surface area contributed by atoms with E-state index in [4.69, 9.17) is 0 Å². The lowest BCUT2D eigenvalue weighted by molar-refractivity contribution is -0.137. The van der Waals surface area contributed by atoms with Gasteiger partial charge in [-0.15, -0.1) is 0 Å². The van der Waals surface area contributed by atoms with Crippen LogP contribution in [0.15, 0.2) is 42.5 Å². The van der Waals surface area contributed by atoms with Gasteiger partial charge in [0.25, 0.3) is 5.91 Å². The number of benzene rings is 2. The van der Waals surface area contributed by atoms with Crippen molar-refractivity contribution in [1.29, 1.82) is 0 Å². The molecule has 3 rings (SSSR count). The minimum Gasteiger partial charge on any atom is -0.348 e. The van der Waals surface area contributed by atoms with E-state index >= 15 is 0 Å². The van der Waals surface area contributed by atoms with E-state index in [1.54, 1.807) is 24.3 Å². The summed E-state index contributed by atoms with van der Waals surface area (Å²) in [6, 6.07) is 10.2. The molecule has 1 aliphatic rings. The molecule has 1 amide bonds. The van der Waals surface area contributed by atoms with Crippen LogP contribution in [0.2, 0.25) is 0 Å². The summed E-state index contributed by atoms with van der Waals surface area (Å²) in [4.78, 5) is 11.6. The summed E-state index contributed by atoms with van der Waals surface area (Å²) in [6.07, 6.45) is -4.37. The van der Waals surface area contributed by atoms with Crippen LogP contribution >= 0.6 is 0 Å². The molecule has 1 heterocycles. The van der Waals surface area contributed by atoms with Crippen LogP contribution in [0.25, 0.3) is 11.1 Å². The fourth-order valence-corrected chi connectivity index (χ4v) is 2.27. The molecule has 0 spiro atoms. The Morgan fingerprint density at radius 3 is 2.50 bits per heavy atom. The number of fused-ring (bicyclic) bond motifs is 1. The number of carbonyl (C=O) groups is 1. The van der Waals surface area contributed by atoms with Gasteiger partial charge in [-0.2, -0.15) is 13.2 Å². The van der Waals surface area contributed by atoms with Gasteiger partial charge >= 0.3 is 6.18 Å². The number of hydrogen-bond donors (Lipinski definition) is 1. The normalized spacial score (nSPS) is 14.1. The maximum Gasteiger partial charge on any atom is 0.416 e. The second kappa shape index (κ2) is 4.37. The number of hydrogen-bond acceptors (Lipinski definition) is 1. The Kier molecular flexibility index (Phi) is 2.78. The van der Waals surface area contributed by atoms with Crippen LogP contribution in [-0.2, 0) is 12.7 Å². The van der Waals surface area contributed by atoms with Crippen molar-refractivity contribution < 1.29 is 18.0 Å². The van der Waals surface area contributed by atoms with Gasteiger partial charge in [0.2, 0.25) is 0 Å². The molecule has 5 heteroatoms. The Balaban J connectivity index is 2.06. The van der Waals surface area contributed by atoms with Crippen molar-refractivity contribution in [2.24, 2.45) is 0 Å². The summed E-state index contributed by atoms with van der Waals surface area (Å²) in [5, 5.41) is 2.68. The van der Waals surface area contributed by atoms with Crippen molar-refractivity contribution in [3.05, 3.63) is 59.2 Å². The number of amides is 1. The van der Waals surface area contributed by atoms with Crippen LogP contribution in [-0.4, -0.2) is 5.91 Å². The summed E-state index contributed by atoms with van der Waals surface area (Å²) in [5.74, 6) is -0.186. The first-order chi connectivity index (χ1) is 9.45. The molecule has 0 atom stereocenters. The van der Waals surface area contributed by atoms with Crippen molar-refractivity contribution in [1.82, 2.24) is 5.32 Å². The van der Waals surface area contributed by atoms with Crippen LogP contribution in [0.1, 0.15) is 21.5 Å². The molecule has 0 saturated carbocycles. The zero-order chi connectivity index (χ0) is 14.3. The molecule has 2 aromatic carbocycles. The van der Waals surface area contributed by atoms with Gasteiger partial charge in [-0.25, -0.2) is 0 Å². The topological polar surface area (TPSA) is 29.1 Å². The van der Waals surface area contributed by atoms with Crippen LogP contribution in [0.3, 0.4) is 0 Å². The largest absolute Gasteiger partial charge is 0.416 e. The van der Waals surface area contributed by atoms with E-state index < -0.39 is 11.7 Å². The van der Waals surface area contributed by atoms with Gasteiger partial charge in [-0.1, -0.05) is 24.3 Å². The molecular formula is C15H10F3NO. The van der Waals surface area contributed by atoms with E-state index in [2.05, 4.69) is 5.32 Å². The highest BCUT2D eigenvalue weighted by atomic mass is 19.4. The Bertz CT molecular complexity index is 692. The number of rotatable bonds is 1. The first kappa shape index (κ1) is 12.7. The molecular weight excluding hydrogens is 267 g/mol. The second-order valence-electron chi connectivity index (χ2n) is 4.63. The smallest absolute Gasteiger partial charge is 0.348 e. The van der Waals surface area contributed by atoms with Crippen molar-refractivity contribution in [3.63, 3.8) is 0 Å². The fourth-order valence-electron chi connectivity index (χ4n) is 2.27.